The molecule has 2 atom stereocenters. The summed E-state index contributed by atoms with van der Waals surface area (Å²) in [6.07, 6.45) is 1.24. The Morgan fingerprint density at radius 2 is 2.50 bits per heavy atom. The topological polar surface area (TPSA) is 84.6 Å². The van der Waals surface area contributed by atoms with Gasteiger partial charge in [0.15, 0.2) is 0 Å². The average Bonchev–Trinajstić information content (AvgIpc) is 2.53. The monoisotopic (exact) mass is 202 g/mol. The molecule has 14 heavy (non-hydrogen) atoms. The summed E-state index contributed by atoms with van der Waals surface area (Å²) in [7, 11) is 0. The van der Waals surface area contributed by atoms with Gasteiger partial charge in [-0.3, -0.25) is 4.79 Å². The fourth-order valence-corrected chi connectivity index (χ4v) is 1.50. The number of rotatable bonds is 5. The van der Waals surface area contributed by atoms with Gasteiger partial charge >= 0.3 is 0 Å². The first-order valence-electron chi connectivity index (χ1n) is 4.90. The lowest BCUT2D eigenvalue weighted by atomic mass is 10.0. The second kappa shape index (κ2) is 4.72. The van der Waals surface area contributed by atoms with Gasteiger partial charge in [0.2, 0.25) is 5.91 Å². The molecule has 0 radical (unpaired) electrons. The van der Waals surface area contributed by atoms with Crippen molar-refractivity contribution < 1.29 is 14.6 Å². The Labute approximate surface area is 83.6 Å². The van der Waals surface area contributed by atoms with Crippen LogP contribution in [-0.2, 0) is 9.53 Å². The Morgan fingerprint density at radius 1 is 1.79 bits per heavy atom. The minimum Gasteiger partial charge on any atom is -0.386 e. The van der Waals surface area contributed by atoms with Crippen LogP contribution >= 0.6 is 0 Å². The Hall–Kier alpha value is -0.650. The maximum absolute atomic E-state index is 10.9. The van der Waals surface area contributed by atoms with E-state index in [2.05, 4.69) is 5.32 Å². The number of nitrogens with one attached hydrogen (secondary N) is 1. The summed E-state index contributed by atoms with van der Waals surface area (Å²) < 4.78 is 5.08. The number of ether oxygens (including phenoxy) is 1. The summed E-state index contributed by atoms with van der Waals surface area (Å²) in [5.41, 5.74) is 4.33. The van der Waals surface area contributed by atoms with Gasteiger partial charge in [-0.1, -0.05) is 6.92 Å². The number of hydrogen-bond acceptors (Lipinski definition) is 4. The summed E-state index contributed by atoms with van der Waals surface area (Å²) >= 11 is 0. The number of carbonyl (C=O) groups excluding carboxylic acids is 1. The molecule has 82 valence electrons. The van der Waals surface area contributed by atoms with Crippen molar-refractivity contribution in [3.05, 3.63) is 0 Å². The van der Waals surface area contributed by atoms with E-state index in [0.717, 1.165) is 0 Å². The highest BCUT2D eigenvalue weighted by Crippen LogP contribution is 2.17. The van der Waals surface area contributed by atoms with E-state index < -0.39 is 5.60 Å². The Kier molecular flexibility index (Phi) is 3.86. The van der Waals surface area contributed by atoms with Crippen LogP contribution in [0.4, 0.5) is 0 Å². The van der Waals surface area contributed by atoms with Crippen LogP contribution in [0.5, 0.6) is 0 Å². The predicted molar refractivity (Wildman–Crippen MR) is 51.7 cm³/mol. The van der Waals surface area contributed by atoms with Gasteiger partial charge < -0.3 is 20.9 Å². The molecule has 1 fully saturated rings. The second-order valence-electron chi connectivity index (χ2n) is 3.77. The zero-order valence-electron chi connectivity index (χ0n) is 8.45. The molecular formula is C9H18N2O3. The Balaban J connectivity index is 2.34. The number of aliphatic hydroxyl groups is 1. The normalized spacial score (nSPS) is 29.0. The largest absolute Gasteiger partial charge is 0.386 e. The predicted octanol–water partition coefficient (Wildman–Crippen LogP) is -1.01. The van der Waals surface area contributed by atoms with Crippen LogP contribution in [-0.4, -0.2) is 42.4 Å². The lowest BCUT2D eigenvalue weighted by Crippen LogP contribution is -2.49. The molecule has 5 nitrogen and oxygen atoms in total. The Morgan fingerprint density at radius 3 is 2.93 bits per heavy atom. The first kappa shape index (κ1) is 11.4. The fourth-order valence-electron chi connectivity index (χ4n) is 1.50. The van der Waals surface area contributed by atoms with Crippen molar-refractivity contribution in [3.8, 4) is 0 Å². The summed E-state index contributed by atoms with van der Waals surface area (Å²) in [5.74, 6) is -0.380. The van der Waals surface area contributed by atoms with Crippen molar-refractivity contribution in [1.29, 1.82) is 0 Å². The summed E-state index contributed by atoms with van der Waals surface area (Å²) in [4.78, 5) is 10.9. The highest BCUT2D eigenvalue weighted by Gasteiger charge is 2.32. The molecule has 1 heterocycles. The second-order valence-corrected chi connectivity index (χ2v) is 3.77. The molecule has 1 aliphatic rings. The number of carbonyl (C=O) groups is 1. The zero-order valence-corrected chi connectivity index (χ0v) is 8.45. The molecule has 5 heteroatoms. The van der Waals surface area contributed by atoms with E-state index in [0.29, 0.717) is 32.6 Å². The molecule has 0 bridgehead atoms. The van der Waals surface area contributed by atoms with Crippen LogP contribution in [0, 0.1) is 0 Å². The molecule has 1 amide bonds. The SMILES string of the molecule is CCC(NCC1(O)CCOC1)C(N)=O. The lowest BCUT2D eigenvalue weighted by Gasteiger charge is -2.23. The van der Waals surface area contributed by atoms with Crippen molar-refractivity contribution in [1.82, 2.24) is 5.32 Å². The average molecular weight is 202 g/mol. The van der Waals surface area contributed by atoms with Gasteiger partial charge in [0.05, 0.1) is 12.6 Å². The molecule has 0 aliphatic carbocycles. The number of nitrogens with two attached hydrogens (primary N) is 1. The molecule has 0 aromatic rings. The highest BCUT2D eigenvalue weighted by molar-refractivity contribution is 5.79. The molecule has 1 saturated heterocycles. The number of hydrogen-bond donors (Lipinski definition) is 3. The van der Waals surface area contributed by atoms with Crippen molar-refractivity contribution in [3.63, 3.8) is 0 Å². The third-order valence-electron chi connectivity index (χ3n) is 2.51. The smallest absolute Gasteiger partial charge is 0.234 e. The molecule has 0 aromatic heterocycles. The van der Waals surface area contributed by atoms with Crippen LogP contribution < -0.4 is 11.1 Å². The minimum atomic E-state index is -0.830. The molecule has 0 aromatic carbocycles. The van der Waals surface area contributed by atoms with E-state index in [1.807, 2.05) is 6.92 Å². The third kappa shape index (κ3) is 2.94. The molecule has 4 N–H and O–H groups in total. The van der Waals surface area contributed by atoms with E-state index in [1.54, 1.807) is 0 Å². The molecular weight excluding hydrogens is 184 g/mol. The number of amides is 1. The standard InChI is InChI=1S/C9H18N2O3/c1-2-7(8(10)12)11-5-9(13)3-4-14-6-9/h7,11,13H,2-6H2,1H3,(H2,10,12). The van der Waals surface area contributed by atoms with Gasteiger partial charge in [0.1, 0.15) is 5.60 Å². The van der Waals surface area contributed by atoms with Crippen molar-refractivity contribution in [2.75, 3.05) is 19.8 Å². The van der Waals surface area contributed by atoms with Crippen molar-refractivity contribution in [2.24, 2.45) is 5.73 Å². The Bertz CT molecular complexity index is 202. The van der Waals surface area contributed by atoms with E-state index in [1.165, 1.54) is 0 Å². The van der Waals surface area contributed by atoms with Crippen molar-refractivity contribution in [2.45, 2.75) is 31.4 Å². The zero-order chi connectivity index (χ0) is 10.6. The molecule has 0 saturated carbocycles. The van der Waals surface area contributed by atoms with Gasteiger partial charge in [-0.25, -0.2) is 0 Å². The van der Waals surface area contributed by atoms with Crippen LogP contribution in [0.3, 0.4) is 0 Å². The van der Waals surface area contributed by atoms with Crippen LogP contribution in [0.15, 0.2) is 0 Å². The van der Waals surface area contributed by atoms with Gasteiger partial charge in [-0.2, -0.15) is 0 Å². The molecule has 0 spiro atoms. The minimum absolute atomic E-state index is 0.329. The molecule has 1 rings (SSSR count). The highest BCUT2D eigenvalue weighted by atomic mass is 16.5. The first-order valence-corrected chi connectivity index (χ1v) is 4.90. The maximum Gasteiger partial charge on any atom is 0.234 e. The third-order valence-corrected chi connectivity index (χ3v) is 2.51. The van der Waals surface area contributed by atoms with Crippen molar-refractivity contribution >= 4 is 5.91 Å². The van der Waals surface area contributed by atoms with Crippen LogP contribution in [0.25, 0.3) is 0 Å². The van der Waals surface area contributed by atoms with E-state index >= 15 is 0 Å². The van der Waals surface area contributed by atoms with Gasteiger partial charge in [-0.15, -0.1) is 0 Å². The van der Waals surface area contributed by atoms with Crippen LogP contribution in [0.2, 0.25) is 0 Å². The van der Waals surface area contributed by atoms with Gasteiger partial charge in [-0.05, 0) is 6.42 Å². The van der Waals surface area contributed by atoms with Gasteiger partial charge in [0, 0.05) is 19.6 Å². The lowest BCUT2D eigenvalue weighted by molar-refractivity contribution is -0.120. The summed E-state index contributed by atoms with van der Waals surface area (Å²) in [6.45, 7) is 3.13. The first-order chi connectivity index (χ1) is 6.57. The number of primary amides is 1. The quantitative estimate of drug-likeness (QED) is 0.533. The fraction of sp³-hybridized carbons (Fsp3) is 0.889. The van der Waals surface area contributed by atoms with Crippen LogP contribution in [0.1, 0.15) is 19.8 Å². The van der Waals surface area contributed by atoms with E-state index in [-0.39, 0.29) is 11.9 Å². The summed E-state index contributed by atoms with van der Waals surface area (Å²) in [5, 5.41) is 12.8. The molecule has 1 aliphatic heterocycles. The summed E-state index contributed by atoms with van der Waals surface area (Å²) in [6, 6.07) is -0.361. The maximum atomic E-state index is 10.9. The molecule has 2 unspecified atom stereocenters. The van der Waals surface area contributed by atoms with E-state index in [9.17, 15) is 9.90 Å². The van der Waals surface area contributed by atoms with E-state index in [4.69, 9.17) is 10.5 Å². The van der Waals surface area contributed by atoms with Gasteiger partial charge in [0.25, 0.3) is 0 Å².